The minimum absolute atomic E-state index is 0.00693. The number of hydrogen-bond donors (Lipinski definition) is 2. The van der Waals surface area contributed by atoms with Gasteiger partial charge in [-0.1, -0.05) is 18.2 Å². The molecule has 25 heavy (non-hydrogen) atoms. The highest BCUT2D eigenvalue weighted by Crippen LogP contribution is 2.26. The second kappa shape index (κ2) is 6.95. The molecule has 0 spiro atoms. The number of benzene rings is 1. The van der Waals surface area contributed by atoms with E-state index in [1.807, 2.05) is 31.2 Å². The van der Waals surface area contributed by atoms with Crippen molar-refractivity contribution < 1.29 is 9.42 Å². The predicted molar refractivity (Wildman–Crippen MR) is 93.5 cm³/mol. The number of aromatic nitrogens is 4. The summed E-state index contributed by atoms with van der Waals surface area (Å²) in [4.78, 5) is 16.8. The SMILES string of the molecule is C=CC/C(C)=N\NC(=O)Cn1c(-c2nonc2N)nc2ccccc21. The Kier molecular flexibility index (Phi) is 4.55. The highest BCUT2D eigenvalue weighted by atomic mass is 16.6. The standard InChI is InChI=1S/C16H17N7O2/c1-3-6-10(2)19-20-13(24)9-23-12-8-5-4-7-11(12)18-16(23)14-15(17)22-25-21-14/h3-5,7-8H,1,6,9H2,2H3,(H2,17,22)(H,20,24)/b19-10-. The van der Waals surface area contributed by atoms with E-state index in [4.69, 9.17) is 5.73 Å². The van der Waals surface area contributed by atoms with Crippen LogP contribution in [-0.2, 0) is 11.3 Å². The maximum absolute atomic E-state index is 12.3. The Morgan fingerprint density at radius 3 is 2.96 bits per heavy atom. The van der Waals surface area contributed by atoms with Crippen molar-refractivity contribution in [2.24, 2.45) is 5.10 Å². The first-order chi connectivity index (χ1) is 12.1. The van der Waals surface area contributed by atoms with Crippen molar-refractivity contribution in [3.8, 4) is 11.5 Å². The summed E-state index contributed by atoms with van der Waals surface area (Å²) in [7, 11) is 0. The van der Waals surface area contributed by atoms with Gasteiger partial charge in [-0.05, 0) is 29.4 Å². The number of hydrogen-bond acceptors (Lipinski definition) is 7. The summed E-state index contributed by atoms with van der Waals surface area (Å²) < 4.78 is 6.34. The minimum Gasteiger partial charge on any atom is -0.379 e. The molecule has 0 saturated carbocycles. The summed E-state index contributed by atoms with van der Waals surface area (Å²) in [5.74, 6) is 0.210. The van der Waals surface area contributed by atoms with Crippen molar-refractivity contribution in [1.29, 1.82) is 0 Å². The first-order valence-electron chi connectivity index (χ1n) is 7.56. The zero-order valence-electron chi connectivity index (χ0n) is 13.6. The van der Waals surface area contributed by atoms with Crippen LogP contribution in [0.1, 0.15) is 13.3 Å². The first kappa shape index (κ1) is 16.4. The zero-order chi connectivity index (χ0) is 17.8. The molecule has 3 aromatic rings. The molecule has 0 aliphatic rings. The summed E-state index contributed by atoms with van der Waals surface area (Å²) in [5, 5.41) is 11.4. The molecule has 9 heteroatoms. The predicted octanol–water partition coefficient (Wildman–Crippen LogP) is 1.74. The molecular formula is C16H17N7O2. The Morgan fingerprint density at radius 1 is 1.44 bits per heavy atom. The molecule has 0 saturated heterocycles. The number of amides is 1. The Labute approximate surface area is 143 Å². The molecule has 0 fully saturated rings. The van der Waals surface area contributed by atoms with Crippen LogP contribution in [0.4, 0.5) is 5.82 Å². The summed E-state index contributed by atoms with van der Waals surface area (Å²) in [6.07, 6.45) is 2.31. The molecule has 0 aliphatic heterocycles. The Hall–Kier alpha value is -3.49. The van der Waals surface area contributed by atoms with Crippen molar-refractivity contribution in [3.05, 3.63) is 36.9 Å². The Bertz CT molecular complexity index is 954. The highest BCUT2D eigenvalue weighted by Gasteiger charge is 2.20. The van der Waals surface area contributed by atoms with Gasteiger partial charge in [0.1, 0.15) is 6.54 Å². The van der Waals surface area contributed by atoms with E-state index >= 15 is 0 Å². The second-order valence-corrected chi connectivity index (χ2v) is 5.38. The molecule has 1 amide bonds. The summed E-state index contributed by atoms with van der Waals surface area (Å²) in [6.45, 7) is 5.43. The van der Waals surface area contributed by atoms with Gasteiger partial charge in [-0.25, -0.2) is 15.0 Å². The number of hydrazone groups is 1. The van der Waals surface area contributed by atoms with Gasteiger partial charge in [0.05, 0.1) is 11.0 Å². The molecular weight excluding hydrogens is 322 g/mol. The largest absolute Gasteiger partial charge is 0.379 e. The van der Waals surface area contributed by atoms with Crippen LogP contribution in [0.3, 0.4) is 0 Å². The fraction of sp³-hybridized carbons (Fsp3) is 0.188. The second-order valence-electron chi connectivity index (χ2n) is 5.38. The normalized spacial score (nSPS) is 11.6. The van der Waals surface area contributed by atoms with E-state index in [0.29, 0.717) is 17.8 Å². The molecule has 0 aliphatic carbocycles. The van der Waals surface area contributed by atoms with Crippen molar-refractivity contribution in [3.63, 3.8) is 0 Å². The topological polar surface area (TPSA) is 124 Å². The maximum atomic E-state index is 12.3. The lowest BCUT2D eigenvalue weighted by Crippen LogP contribution is -2.24. The van der Waals surface area contributed by atoms with E-state index < -0.39 is 0 Å². The van der Waals surface area contributed by atoms with E-state index in [0.717, 1.165) is 11.2 Å². The van der Waals surface area contributed by atoms with Crippen LogP contribution in [0.2, 0.25) is 0 Å². The smallest absolute Gasteiger partial charge is 0.260 e. The fourth-order valence-corrected chi connectivity index (χ4v) is 2.36. The summed E-state index contributed by atoms with van der Waals surface area (Å²) in [5.41, 5.74) is 10.8. The molecule has 3 rings (SSSR count). The third kappa shape index (κ3) is 3.39. The molecule has 0 atom stereocenters. The van der Waals surface area contributed by atoms with Crippen LogP contribution in [0.25, 0.3) is 22.6 Å². The molecule has 9 nitrogen and oxygen atoms in total. The van der Waals surface area contributed by atoms with Gasteiger partial charge in [0.2, 0.25) is 0 Å². The number of rotatable bonds is 6. The number of carbonyl (C=O) groups is 1. The van der Waals surface area contributed by atoms with Crippen LogP contribution in [0.15, 0.2) is 46.7 Å². The number of anilines is 1. The number of fused-ring (bicyclic) bond motifs is 1. The average molecular weight is 339 g/mol. The maximum Gasteiger partial charge on any atom is 0.260 e. The first-order valence-corrected chi connectivity index (χ1v) is 7.56. The Morgan fingerprint density at radius 2 is 2.24 bits per heavy atom. The van der Waals surface area contributed by atoms with E-state index in [1.54, 1.807) is 10.6 Å². The van der Waals surface area contributed by atoms with Gasteiger partial charge in [0, 0.05) is 12.1 Å². The van der Waals surface area contributed by atoms with Gasteiger partial charge in [0.15, 0.2) is 17.3 Å². The molecule has 0 radical (unpaired) electrons. The van der Waals surface area contributed by atoms with Crippen molar-refractivity contribution in [2.45, 2.75) is 19.9 Å². The number of nitrogens with two attached hydrogens (primary N) is 1. The lowest BCUT2D eigenvalue weighted by atomic mass is 10.3. The molecule has 3 N–H and O–H groups in total. The van der Waals surface area contributed by atoms with Gasteiger partial charge < -0.3 is 10.3 Å². The number of nitrogen functional groups attached to an aromatic ring is 1. The van der Waals surface area contributed by atoms with Crippen molar-refractivity contribution in [2.75, 3.05) is 5.73 Å². The van der Waals surface area contributed by atoms with Gasteiger partial charge in [-0.15, -0.1) is 6.58 Å². The minimum atomic E-state index is -0.303. The lowest BCUT2D eigenvalue weighted by molar-refractivity contribution is -0.121. The Balaban J connectivity index is 1.95. The lowest BCUT2D eigenvalue weighted by Gasteiger charge is -2.07. The quantitative estimate of drug-likeness (QED) is 0.400. The number of imidazole rings is 1. The van der Waals surface area contributed by atoms with Crippen LogP contribution in [-0.4, -0.2) is 31.5 Å². The number of nitrogens with one attached hydrogen (secondary N) is 1. The van der Waals surface area contributed by atoms with Gasteiger partial charge in [0.25, 0.3) is 5.91 Å². The molecule has 2 aromatic heterocycles. The van der Waals surface area contributed by atoms with E-state index in [9.17, 15) is 4.79 Å². The van der Waals surface area contributed by atoms with E-state index in [2.05, 4.69) is 37.0 Å². The molecule has 0 unspecified atom stereocenters. The molecule has 128 valence electrons. The molecule has 0 bridgehead atoms. The van der Waals surface area contributed by atoms with Gasteiger partial charge in [-0.3, -0.25) is 4.79 Å². The monoisotopic (exact) mass is 339 g/mol. The van der Waals surface area contributed by atoms with Crippen LogP contribution in [0, 0.1) is 0 Å². The van der Waals surface area contributed by atoms with E-state index in [1.165, 1.54) is 0 Å². The highest BCUT2D eigenvalue weighted by molar-refractivity contribution is 5.87. The number of para-hydroxylation sites is 2. The number of carbonyl (C=O) groups excluding carboxylic acids is 1. The third-order valence-electron chi connectivity index (χ3n) is 3.49. The van der Waals surface area contributed by atoms with Gasteiger partial charge >= 0.3 is 0 Å². The van der Waals surface area contributed by atoms with Gasteiger partial charge in [-0.2, -0.15) is 5.10 Å². The third-order valence-corrected chi connectivity index (χ3v) is 3.49. The van der Waals surface area contributed by atoms with Crippen LogP contribution in [0.5, 0.6) is 0 Å². The van der Waals surface area contributed by atoms with Crippen LogP contribution >= 0.6 is 0 Å². The summed E-state index contributed by atoms with van der Waals surface area (Å²) in [6, 6.07) is 7.41. The van der Waals surface area contributed by atoms with Crippen molar-refractivity contribution >= 4 is 28.5 Å². The van der Waals surface area contributed by atoms with Crippen LogP contribution < -0.4 is 11.2 Å². The summed E-state index contributed by atoms with van der Waals surface area (Å²) >= 11 is 0. The number of allylic oxidation sites excluding steroid dienone is 1. The average Bonchev–Trinajstić information content (AvgIpc) is 3.17. The molecule has 2 heterocycles. The zero-order valence-corrected chi connectivity index (χ0v) is 13.6. The van der Waals surface area contributed by atoms with E-state index in [-0.39, 0.29) is 24.0 Å². The molecule has 1 aromatic carbocycles. The van der Waals surface area contributed by atoms with Crippen molar-refractivity contribution in [1.82, 2.24) is 25.3 Å². The number of nitrogens with zero attached hydrogens (tertiary/aromatic N) is 5. The fourth-order valence-electron chi connectivity index (χ4n) is 2.36.